The number of allylic oxidation sites excluding steroid dienone is 1. The molecule has 59 heavy (non-hydrogen) atoms. The molecule has 3 heterocycles. The van der Waals surface area contributed by atoms with E-state index in [1.807, 2.05) is 18.3 Å². The van der Waals surface area contributed by atoms with Gasteiger partial charge in [0.1, 0.15) is 5.82 Å². The van der Waals surface area contributed by atoms with Gasteiger partial charge >= 0.3 is 0 Å². The number of nitrogens with zero attached hydrogens (tertiary/aromatic N) is 4. The summed E-state index contributed by atoms with van der Waals surface area (Å²) in [6.45, 7) is 27.0. The molecule has 0 saturated heterocycles. The van der Waals surface area contributed by atoms with Gasteiger partial charge in [0.2, 0.25) is 0 Å². The molecule has 2 aromatic heterocycles. The van der Waals surface area contributed by atoms with Crippen molar-refractivity contribution in [3.05, 3.63) is 174 Å². The topological polar surface area (TPSA) is 33.5 Å². The molecule has 6 heteroatoms. The third kappa shape index (κ3) is 8.11. The van der Waals surface area contributed by atoms with Crippen molar-refractivity contribution in [2.24, 2.45) is 5.41 Å². The van der Waals surface area contributed by atoms with Crippen LogP contribution in [0.4, 0.5) is 11.4 Å². The number of pyridine rings is 1. The van der Waals surface area contributed by atoms with Crippen LogP contribution in [0.1, 0.15) is 98.4 Å². The molecule has 5 aromatic carbocycles. The second kappa shape index (κ2) is 15.5. The van der Waals surface area contributed by atoms with Crippen molar-refractivity contribution in [1.82, 2.24) is 9.55 Å². The van der Waals surface area contributed by atoms with Gasteiger partial charge in [0.15, 0.2) is 0 Å². The van der Waals surface area contributed by atoms with Crippen LogP contribution in [0, 0.1) is 24.2 Å². The minimum Gasteiger partial charge on any atom is -0.509 e. The van der Waals surface area contributed by atoms with Crippen molar-refractivity contribution < 1.29 is 25.8 Å². The zero-order valence-corrected chi connectivity index (χ0v) is 38.5. The summed E-state index contributed by atoms with van der Waals surface area (Å²) < 4.78 is 9.14. The average molecular weight is 959 g/mol. The summed E-state index contributed by atoms with van der Waals surface area (Å²) in [4.78, 5) is 9.42. The molecule has 0 spiro atoms. The number of fused-ring (bicyclic) bond motifs is 3. The minimum atomic E-state index is -0.376. The first kappa shape index (κ1) is 42.0. The monoisotopic (exact) mass is 958 g/mol. The Kier molecular flexibility index (Phi) is 11.0. The first-order chi connectivity index (χ1) is 27.4. The molecule has 7 aromatic rings. The van der Waals surface area contributed by atoms with Crippen molar-refractivity contribution >= 4 is 33.2 Å². The molecule has 1 aliphatic rings. The maximum Gasteiger partial charge on any atom is 0.135 e. The normalized spacial score (nSPS) is 13.8. The van der Waals surface area contributed by atoms with E-state index in [1.165, 1.54) is 16.7 Å². The Balaban J connectivity index is 0.00000528. The number of ether oxygens (including phenoxy) is 1. The van der Waals surface area contributed by atoms with Crippen LogP contribution in [0.3, 0.4) is 0 Å². The molecule has 0 amide bonds. The predicted molar refractivity (Wildman–Crippen MR) is 242 cm³/mol. The summed E-state index contributed by atoms with van der Waals surface area (Å²) in [6, 6.07) is 48.2. The summed E-state index contributed by atoms with van der Waals surface area (Å²) in [5, 5.41) is 2.29. The summed E-state index contributed by atoms with van der Waals surface area (Å²) in [6.07, 6.45) is 4.16. The van der Waals surface area contributed by atoms with E-state index in [4.69, 9.17) is 9.72 Å². The Morgan fingerprint density at radius 2 is 1.27 bits per heavy atom. The maximum absolute atomic E-state index is 6.89. The van der Waals surface area contributed by atoms with Gasteiger partial charge in [-0.25, -0.2) is 4.98 Å². The van der Waals surface area contributed by atoms with Gasteiger partial charge in [0.05, 0.1) is 0 Å². The summed E-state index contributed by atoms with van der Waals surface area (Å²) in [5.41, 5.74) is 9.55. The van der Waals surface area contributed by atoms with E-state index in [0.29, 0.717) is 11.5 Å². The first-order valence-corrected chi connectivity index (χ1v) is 20.4. The maximum atomic E-state index is 6.89. The first-order valence-electron chi connectivity index (χ1n) is 20.4. The summed E-state index contributed by atoms with van der Waals surface area (Å²) in [5.74, 6) is 2.09. The summed E-state index contributed by atoms with van der Waals surface area (Å²) in [7, 11) is 0. The van der Waals surface area contributed by atoms with Gasteiger partial charge in [0, 0.05) is 61.1 Å². The Bertz CT molecular complexity index is 2670. The molecular weight excluding hydrogens is 904 g/mol. The molecule has 5 nitrogen and oxygen atoms in total. The van der Waals surface area contributed by atoms with E-state index in [9.17, 15) is 0 Å². The van der Waals surface area contributed by atoms with Gasteiger partial charge < -0.3 is 19.1 Å². The second-order valence-corrected chi connectivity index (χ2v) is 19.2. The van der Waals surface area contributed by atoms with Crippen LogP contribution in [0.5, 0.6) is 11.5 Å². The van der Waals surface area contributed by atoms with Crippen LogP contribution in [-0.4, -0.2) is 9.55 Å². The van der Waals surface area contributed by atoms with Crippen molar-refractivity contribution in [3.63, 3.8) is 0 Å². The van der Waals surface area contributed by atoms with Crippen molar-refractivity contribution in [2.75, 3.05) is 9.80 Å². The van der Waals surface area contributed by atoms with E-state index < -0.39 is 0 Å². The Labute approximate surface area is 366 Å². The molecule has 0 atom stereocenters. The number of anilines is 2. The van der Waals surface area contributed by atoms with Crippen LogP contribution in [-0.2, 0) is 37.3 Å². The minimum absolute atomic E-state index is 0. The smallest absolute Gasteiger partial charge is 0.135 e. The Morgan fingerprint density at radius 3 is 1.98 bits per heavy atom. The van der Waals surface area contributed by atoms with Gasteiger partial charge in [-0.05, 0) is 74.9 Å². The van der Waals surface area contributed by atoms with Crippen LogP contribution >= 0.6 is 0 Å². The number of hydrogen-bond acceptors (Lipinski definition) is 4. The quantitative estimate of drug-likeness (QED) is 0.149. The number of aromatic nitrogens is 2. The molecule has 0 saturated carbocycles. The zero-order chi connectivity index (χ0) is 41.2. The largest absolute Gasteiger partial charge is 0.509 e. The molecule has 0 unspecified atom stereocenters. The third-order valence-corrected chi connectivity index (χ3v) is 11.4. The van der Waals surface area contributed by atoms with Gasteiger partial charge in [-0.3, -0.25) is 0 Å². The van der Waals surface area contributed by atoms with E-state index in [0.717, 1.165) is 50.3 Å². The van der Waals surface area contributed by atoms with E-state index >= 15 is 0 Å². The molecule has 8 rings (SSSR count). The van der Waals surface area contributed by atoms with Crippen molar-refractivity contribution in [2.45, 2.75) is 92.4 Å². The SMILES string of the molecule is CC(C)(C)C1=CN(c2cccc(C(C)(C)C)c2)[CH-]N1c1[c-]c(Oc2[c-]c3c(c(C(C)(C)c4ccccc4)c2)c2ccccc2n3-c2cc(C(C)(C)C)ccn2)ccc1.[Pt]. The second-order valence-electron chi connectivity index (χ2n) is 19.2. The average Bonchev–Trinajstić information content (AvgIpc) is 3.79. The van der Waals surface area contributed by atoms with Crippen molar-refractivity contribution in [1.29, 1.82) is 0 Å². The van der Waals surface area contributed by atoms with Crippen LogP contribution in [0.25, 0.3) is 27.6 Å². The molecule has 0 N–H and O–H groups in total. The zero-order valence-electron chi connectivity index (χ0n) is 36.2. The predicted octanol–water partition coefficient (Wildman–Crippen LogP) is 13.8. The number of benzene rings is 5. The van der Waals surface area contributed by atoms with Gasteiger partial charge in [-0.2, -0.15) is 6.07 Å². The fourth-order valence-corrected chi connectivity index (χ4v) is 7.98. The van der Waals surface area contributed by atoms with Gasteiger partial charge in [0.25, 0.3) is 0 Å². The molecule has 0 bridgehead atoms. The van der Waals surface area contributed by atoms with E-state index in [1.54, 1.807) is 0 Å². The van der Waals surface area contributed by atoms with Crippen LogP contribution < -0.4 is 14.5 Å². The summed E-state index contributed by atoms with van der Waals surface area (Å²) >= 11 is 0. The molecule has 0 fully saturated rings. The van der Waals surface area contributed by atoms with Crippen molar-refractivity contribution in [3.8, 4) is 17.3 Å². The number of hydrogen-bond donors (Lipinski definition) is 0. The Morgan fingerprint density at radius 1 is 0.610 bits per heavy atom. The fourth-order valence-electron chi connectivity index (χ4n) is 7.98. The van der Waals surface area contributed by atoms with Crippen LogP contribution in [0.2, 0.25) is 0 Å². The van der Waals surface area contributed by atoms with Gasteiger partial charge in [-0.15, -0.1) is 48.3 Å². The molecule has 1 aliphatic heterocycles. The van der Waals surface area contributed by atoms with E-state index in [-0.39, 0.29) is 42.7 Å². The standard InChI is InChI=1S/C53H55N4O.Pt/c1-50(2,3)37-21-17-22-39(29-37)55-34-47(52(7,8)9)56(35-55)40-23-18-24-41(31-40)58-42-32-44(53(10,11)36-19-13-12-14-20-36)49-43-25-15-16-26-45(43)57(46(49)33-42)48-30-38(27-28-54-48)51(4,5)6;/h12-30,32,34-35H,1-11H3;/q-3;. The van der Waals surface area contributed by atoms with Crippen LogP contribution in [0.15, 0.2) is 133 Å². The fraction of sp³-hybridized carbons (Fsp3) is 0.283. The molecule has 0 aliphatic carbocycles. The number of para-hydroxylation sites is 1. The molecule has 306 valence electrons. The third-order valence-electron chi connectivity index (χ3n) is 11.4. The van der Waals surface area contributed by atoms with E-state index in [2.05, 4.69) is 219 Å². The number of rotatable bonds is 7. The van der Waals surface area contributed by atoms with Gasteiger partial charge in [-0.1, -0.05) is 148 Å². The Hall–Kier alpha value is -5.12. The molecule has 0 radical (unpaired) electrons. The molecular formula is C53H55N4OPt-3.